The van der Waals surface area contributed by atoms with Gasteiger partial charge in [0.05, 0.1) is 12.7 Å². The number of carbonyl (C=O) groups is 2. The van der Waals surface area contributed by atoms with Crippen LogP contribution in [0.3, 0.4) is 0 Å². The molecule has 0 bridgehead atoms. The number of ether oxygens (including phenoxy) is 3. The van der Waals surface area contributed by atoms with E-state index in [1.807, 2.05) is 31.2 Å². The molecule has 0 saturated carbocycles. The second-order valence-corrected chi connectivity index (χ2v) is 7.54. The van der Waals surface area contributed by atoms with Gasteiger partial charge in [-0.2, -0.15) is 0 Å². The highest BCUT2D eigenvalue weighted by Gasteiger charge is 2.30. The molecule has 0 amide bonds. The fraction of sp³-hybridized carbons (Fsp3) is 0.185. The maximum atomic E-state index is 12.8. The van der Waals surface area contributed by atoms with Crippen molar-refractivity contribution in [3.05, 3.63) is 94.2 Å². The van der Waals surface area contributed by atoms with E-state index >= 15 is 0 Å². The predicted octanol–water partition coefficient (Wildman–Crippen LogP) is 5.44. The van der Waals surface area contributed by atoms with E-state index in [1.54, 1.807) is 49.6 Å². The lowest BCUT2D eigenvalue weighted by Gasteiger charge is -2.11. The van der Waals surface area contributed by atoms with Crippen LogP contribution in [0.1, 0.15) is 44.3 Å². The Labute approximate surface area is 187 Å². The van der Waals surface area contributed by atoms with Crippen LogP contribution in [0.2, 0.25) is 0 Å². The van der Waals surface area contributed by atoms with Crippen molar-refractivity contribution in [3.63, 3.8) is 0 Å². The van der Waals surface area contributed by atoms with Gasteiger partial charge in [-0.15, -0.1) is 0 Å². The fourth-order valence-corrected chi connectivity index (χ4v) is 3.53. The number of benzene rings is 3. The molecule has 0 atom stereocenters. The molecule has 0 unspecified atom stereocenters. The molecular weight excluding hydrogens is 404 g/mol. The zero-order chi connectivity index (χ0) is 22.7. The van der Waals surface area contributed by atoms with Gasteiger partial charge < -0.3 is 14.2 Å². The van der Waals surface area contributed by atoms with Crippen LogP contribution in [-0.2, 0) is 6.42 Å². The molecular formula is C27H24O5. The first kappa shape index (κ1) is 21.4. The summed E-state index contributed by atoms with van der Waals surface area (Å²) in [6.07, 6.45) is 2.70. The predicted molar refractivity (Wildman–Crippen MR) is 123 cm³/mol. The van der Waals surface area contributed by atoms with E-state index in [0.29, 0.717) is 33.9 Å². The minimum absolute atomic E-state index is 0.119. The lowest BCUT2D eigenvalue weighted by molar-refractivity contribution is 0.0920. The minimum atomic E-state index is -0.163. The van der Waals surface area contributed by atoms with Crippen molar-refractivity contribution in [2.24, 2.45) is 0 Å². The monoisotopic (exact) mass is 428 g/mol. The molecule has 3 aromatic carbocycles. The molecule has 1 heterocycles. The van der Waals surface area contributed by atoms with Crippen LogP contribution in [0.5, 0.6) is 17.2 Å². The quantitative estimate of drug-likeness (QED) is 0.370. The van der Waals surface area contributed by atoms with Crippen molar-refractivity contribution in [3.8, 4) is 17.2 Å². The first-order chi connectivity index (χ1) is 15.5. The highest BCUT2D eigenvalue weighted by Crippen LogP contribution is 2.39. The molecule has 0 fully saturated rings. The van der Waals surface area contributed by atoms with Gasteiger partial charge in [0.1, 0.15) is 17.2 Å². The number of rotatable bonds is 7. The summed E-state index contributed by atoms with van der Waals surface area (Å²) < 4.78 is 16.8. The third kappa shape index (κ3) is 4.28. The first-order valence-electron chi connectivity index (χ1n) is 10.5. The smallest absolute Gasteiger partial charge is 0.231 e. The van der Waals surface area contributed by atoms with Crippen LogP contribution in [0, 0.1) is 6.92 Å². The van der Waals surface area contributed by atoms with Crippen molar-refractivity contribution < 1.29 is 23.8 Å². The van der Waals surface area contributed by atoms with Crippen LogP contribution in [-0.4, -0.2) is 25.3 Å². The molecule has 0 saturated heterocycles. The van der Waals surface area contributed by atoms with Gasteiger partial charge in [0, 0.05) is 11.1 Å². The number of ketones is 2. The Morgan fingerprint density at radius 3 is 2.38 bits per heavy atom. The van der Waals surface area contributed by atoms with E-state index in [-0.39, 0.29) is 23.9 Å². The van der Waals surface area contributed by atoms with E-state index in [2.05, 4.69) is 6.92 Å². The van der Waals surface area contributed by atoms with Crippen LogP contribution in [0.4, 0.5) is 0 Å². The van der Waals surface area contributed by atoms with Gasteiger partial charge in [0.15, 0.2) is 18.1 Å². The minimum Gasteiger partial charge on any atom is -0.497 e. The number of Topliss-reactive ketones (excluding diaryl/α,β-unsaturated/α-hetero) is 2. The fourth-order valence-electron chi connectivity index (χ4n) is 3.53. The molecule has 32 heavy (non-hydrogen) atoms. The lowest BCUT2D eigenvalue weighted by atomic mass is 10.0. The number of fused-ring (bicyclic) bond motifs is 1. The summed E-state index contributed by atoms with van der Waals surface area (Å²) >= 11 is 0. The van der Waals surface area contributed by atoms with E-state index in [9.17, 15) is 9.59 Å². The molecule has 0 spiro atoms. The molecule has 0 aromatic heterocycles. The van der Waals surface area contributed by atoms with Crippen molar-refractivity contribution in [2.75, 3.05) is 13.7 Å². The molecule has 5 heteroatoms. The van der Waals surface area contributed by atoms with Gasteiger partial charge in [-0.3, -0.25) is 9.59 Å². The Morgan fingerprint density at radius 2 is 1.72 bits per heavy atom. The Balaban J connectivity index is 1.49. The molecule has 4 rings (SSSR count). The maximum absolute atomic E-state index is 12.8. The highest BCUT2D eigenvalue weighted by molar-refractivity contribution is 6.15. The van der Waals surface area contributed by atoms with Crippen molar-refractivity contribution >= 4 is 17.6 Å². The number of hydrogen-bond donors (Lipinski definition) is 0. The first-order valence-corrected chi connectivity index (χ1v) is 10.5. The Kier molecular flexibility index (Phi) is 6.08. The maximum Gasteiger partial charge on any atom is 0.231 e. The number of carbonyl (C=O) groups excluding carboxylic acids is 2. The largest absolute Gasteiger partial charge is 0.497 e. The highest BCUT2D eigenvalue weighted by atomic mass is 16.5. The van der Waals surface area contributed by atoms with Crippen LogP contribution in [0.25, 0.3) is 6.08 Å². The zero-order valence-electron chi connectivity index (χ0n) is 18.3. The van der Waals surface area contributed by atoms with Gasteiger partial charge in [0.2, 0.25) is 5.78 Å². The molecule has 0 radical (unpaired) electrons. The van der Waals surface area contributed by atoms with E-state index in [1.165, 1.54) is 5.56 Å². The van der Waals surface area contributed by atoms with Gasteiger partial charge >= 0.3 is 0 Å². The standard InChI is InChI=1S/C27H24O5/c1-4-18-5-7-19(8-6-18)15-25-26(29)22-13-14-24(17(2)27(22)32-25)31-16-23(28)20-9-11-21(30-3)12-10-20/h5-15H,4,16H2,1-3H3/b25-15-. The Morgan fingerprint density at radius 1 is 1.00 bits per heavy atom. The summed E-state index contributed by atoms with van der Waals surface area (Å²) in [6.45, 7) is 3.80. The van der Waals surface area contributed by atoms with Crippen molar-refractivity contribution in [2.45, 2.75) is 20.3 Å². The van der Waals surface area contributed by atoms with Gasteiger partial charge in [0.25, 0.3) is 0 Å². The third-order valence-corrected chi connectivity index (χ3v) is 5.49. The molecule has 1 aliphatic rings. The average molecular weight is 428 g/mol. The van der Waals surface area contributed by atoms with Crippen LogP contribution < -0.4 is 14.2 Å². The summed E-state index contributed by atoms with van der Waals surface area (Å²) in [6, 6.07) is 18.3. The number of hydrogen-bond acceptors (Lipinski definition) is 5. The van der Waals surface area contributed by atoms with Crippen molar-refractivity contribution in [1.29, 1.82) is 0 Å². The Bertz CT molecular complexity index is 1190. The van der Waals surface area contributed by atoms with E-state index in [0.717, 1.165) is 12.0 Å². The summed E-state index contributed by atoms with van der Waals surface area (Å²) in [7, 11) is 1.58. The summed E-state index contributed by atoms with van der Waals surface area (Å²) in [5.74, 6) is 1.62. The molecule has 1 aliphatic heterocycles. The molecule has 5 nitrogen and oxygen atoms in total. The number of allylic oxidation sites excluding steroid dienone is 1. The van der Waals surface area contributed by atoms with E-state index in [4.69, 9.17) is 14.2 Å². The lowest BCUT2D eigenvalue weighted by Crippen LogP contribution is -2.12. The second kappa shape index (κ2) is 9.10. The van der Waals surface area contributed by atoms with Crippen LogP contribution in [0.15, 0.2) is 66.4 Å². The second-order valence-electron chi connectivity index (χ2n) is 7.54. The zero-order valence-corrected chi connectivity index (χ0v) is 18.3. The topological polar surface area (TPSA) is 61.8 Å². The van der Waals surface area contributed by atoms with E-state index < -0.39 is 0 Å². The van der Waals surface area contributed by atoms with Gasteiger partial charge in [-0.25, -0.2) is 0 Å². The van der Waals surface area contributed by atoms with Crippen molar-refractivity contribution in [1.82, 2.24) is 0 Å². The summed E-state index contributed by atoms with van der Waals surface area (Å²) in [4.78, 5) is 25.2. The molecule has 162 valence electrons. The third-order valence-electron chi connectivity index (χ3n) is 5.49. The Hall–Kier alpha value is -3.86. The number of methoxy groups -OCH3 is 1. The average Bonchev–Trinajstić information content (AvgIpc) is 3.15. The molecule has 0 N–H and O–H groups in total. The normalized spacial score (nSPS) is 13.6. The molecule has 3 aromatic rings. The summed E-state index contributed by atoms with van der Waals surface area (Å²) in [5, 5.41) is 0. The number of aryl methyl sites for hydroxylation is 1. The van der Waals surface area contributed by atoms with Gasteiger partial charge in [-0.1, -0.05) is 31.2 Å². The van der Waals surface area contributed by atoms with Gasteiger partial charge in [-0.05, 0) is 66.9 Å². The SMILES string of the molecule is CCc1ccc(/C=C2\Oc3c(ccc(OCC(=O)c4ccc(OC)cc4)c3C)C2=O)cc1. The summed E-state index contributed by atoms with van der Waals surface area (Å²) in [5.41, 5.74) is 3.85. The molecule has 0 aliphatic carbocycles. The van der Waals surface area contributed by atoms with Crippen LogP contribution >= 0.6 is 0 Å².